The number of benzene rings is 1. The summed E-state index contributed by atoms with van der Waals surface area (Å²) in [5, 5.41) is 4.42. The van der Waals surface area contributed by atoms with Crippen molar-refractivity contribution in [2.45, 2.75) is 44.6 Å². The molecule has 0 atom stereocenters. The van der Waals surface area contributed by atoms with Crippen LogP contribution >= 0.6 is 11.6 Å². The van der Waals surface area contributed by atoms with Gasteiger partial charge in [0.2, 0.25) is 0 Å². The van der Waals surface area contributed by atoms with Crippen LogP contribution < -0.4 is 10.1 Å². The van der Waals surface area contributed by atoms with Crippen LogP contribution in [0.15, 0.2) is 18.2 Å². The Morgan fingerprint density at radius 3 is 2.83 bits per heavy atom. The standard InChI is InChI=1S/C15H22ClNO/c1-18-15-9-8-13(16)11-12(15)5-4-10-17-14-6-2-3-7-14/h8-9,11,14,17H,2-7,10H2,1H3. The number of rotatable bonds is 6. The molecule has 0 aromatic heterocycles. The van der Waals surface area contributed by atoms with E-state index in [4.69, 9.17) is 16.3 Å². The van der Waals surface area contributed by atoms with E-state index in [9.17, 15) is 0 Å². The van der Waals surface area contributed by atoms with Gasteiger partial charge in [-0.25, -0.2) is 0 Å². The van der Waals surface area contributed by atoms with Crippen molar-refractivity contribution in [1.82, 2.24) is 5.32 Å². The smallest absolute Gasteiger partial charge is 0.122 e. The Hall–Kier alpha value is -0.730. The fraction of sp³-hybridized carbons (Fsp3) is 0.600. The van der Waals surface area contributed by atoms with Crippen molar-refractivity contribution in [1.29, 1.82) is 0 Å². The number of hydrogen-bond donors (Lipinski definition) is 1. The van der Waals surface area contributed by atoms with E-state index in [1.165, 1.54) is 31.2 Å². The van der Waals surface area contributed by atoms with E-state index in [1.807, 2.05) is 18.2 Å². The summed E-state index contributed by atoms with van der Waals surface area (Å²) in [6, 6.07) is 6.59. The van der Waals surface area contributed by atoms with Crippen molar-refractivity contribution in [3.63, 3.8) is 0 Å². The third-order valence-corrected chi connectivity index (χ3v) is 3.89. The molecule has 18 heavy (non-hydrogen) atoms. The highest BCUT2D eigenvalue weighted by Gasteiger charge is 2.13. The van der Waals surface area contributed by atoms with Gasteiger partial charge in [0.05, 0.1) is 7.11 Å². The van der Waals surface area contributed by atoms with E-state index in [-0.39, 0.29) is 0 Å². The Balaban J connectivity index is 1.76. The SMILES string of the molecule is COc1ccc(Cl)cc1CCCNC1CCCC1. The van der Waals surface area contributed by atoms with Crippen LogP contribution in [0.5, 0.6) is 5.75 Å². The molecule has 1 aromatic rings. The van der Waals surface area contributed by atoms with Crippen LogP contribution in [0.4, 0.5) is 0 Å². The van der Waals surface area contributed by atoms with Gasteiger partial charge < -0.3 is 10.1 Å². The molecule has 0 saturated heterocycles. The molecule has 1 fully saturated rings. The normalized spacial score (nSPS) is 16.1. The second-order valence-corrected chi connectivity index (χ2v) is 5.43. The van der Waals surface area contributed by atoms with Crippen molar-refractivity contribution < 1.29 is 4.74 Å². The molecule has 3 heteroatoms. The zero-order valence-corrected chi connectivity index (χ0v) is 11.8. The van der Waals surface area contributed by atoms with Gasteiger partial charge in [0.1, 0.15) is 5.75 Å². The van der Waals surface area contributed by atoms with Crippen LogP contribution in [0.2, 0.25) is 5.02 Å². The largest absolute Gasteiger partial charge is 0.496 e. The second-order valence-electron chi connectivity index (χ2n) is 5.00. The van der Waals surface area contributed by atoms with E-state index in [0.29, 0.717) is 0 Å². The first-order chi connectivity index (χ1) is 8.79. The minimum atomic E-state index is 0.756. The number of hydrogen-bond acceptors (Lipinski definition) is 2. The molecule has 0 aliphatic heterocycles. The molecule has 0 amide bonds. The summed E-state index contributed by atoms with van der Waals surface area (Å²) in [4.78, 5) is 0. The molecule has 1 saturated carbocycles. The minimum Gasteiger partial charge on any atom is -0.496 e. The highest BCUT2D eigenvalue weighted by atomic mass is 35.5. The van der Waals surface area contributed by atoms with E-state index in [2.05, 4.69) is 5.32 Å². The number of ether oxygens (including phenoxy) is 1. The topological polar surface area (TPSA) is 21.3 Å². The Bertz CT molecular complexity index is 375. The van der Waals surface area contributed by atoms with Crippen LogP contribution in [-0.2, 0) is 6.42 Å². The number of aryl methyl sites for hydroxylation is 1. The van der Waals surface area contributed by atoms with E-state index >= 15 is 0 Å². The van der Waals surface area contributed by atoms with Gasteiger partial charge in [-0.3, -0.25) is 0 Å². The summed E-state index contributed by atoms with van der Waals surface area (Å²) >= 11 is 6.02. The first kappa shape index (κ1) is 13.7. The summed E-state index contributed by atoms with van der Waals surface area (Å²) < 4.78 is 5.35. The zero-order valence-electron chi connectivity index (χ0n) is 11.0. The highest BCUT2D eigenvalue weighted by Crippen LogP contribution is 2.24. The van der Waals surface area contributed by atoms with Gasteiger partial charge >= 0.3 is 0 Å². The molecule has 2 rings (SSSR count). The number of methoxy groups -OCH3 is 1. The fourth-order valence-electron chi connectivity index (χ4n) is 2.66. The lowest BCUT2D eigenvalue weighted by atomic mass is 10.1. The zero-order chi connectivity index (χ0) is 12.8. The van der Waals surface area contributed by atoms with Gasteiger partial charge in [0.25, 0.3) is 0 Å². The molecular weight excluding hydrogens is 246 g/mol. The Morgan fingerprint density at radius 1 is 1.33 bits per heavy atom. The van der Waals surface area contributed by atoms with Crippen molar-refractivity contribution >= 4 is 11.6 Å². The Labute approximate surface area is 115 Å². The van der Waals surface area contributed by atoms with E-state index in [1.54, 1.807) is 7.11 Å². The average Bonchev–Trinajstić information content (AvgIpc) is 2.88. The molecule has 1 aliphatic rings. The van der Waals surface area contributed by atoms with Crippen LogP contribution in [0.3, 0.4) is 0 Å². The fourth-order valence-corrected chi connectivity index (χ4v) is 2.85. The predicted molar refractivity (Wildman–Crippen MR) is 76.6 cm³/mol. The molecule has 1 aliphatic carbocycles. The van der Waals surface area contributed by atoms with Gasteiger partial charge in [0.15, 0.2) is 0 Å². The molecule has 0 radical (unpaired) electrons. The highest BCUT2D eigenvalue weighted by molar-refractivity contribution is 6.30. The van der Waals surface area contributed by atoms with Crippen LogP contribution in [0.25, 0.3) is 0 Å². The summed E-state index contributed by atoms with van der Waals surface area (Å²) in [6.45, 7) is 1.08. The molecular formula is C15H22ClNO. The maximum atomic E-state index is 6.02. The Kier molecular flexibility index (Phi) is 5.33. The van der Waals surface area contributed by atoms with E-state index in [0.717, 1.165) is 36.2 Å². The van der Waals surface area contributed by atoms with Gasteiger partial charge in [0, 0.05) is 11.1 Å². The quantitative estimate of drug-likeness (QED) is 0.792. The average molecular weight is 268 g/mol. The molecule has 1 aromatic carbocycles. The van der Waals surface area contributed by atoms with Crippen LogP contribution in [-0.4, -0.2) is 19.7 Å². The van der Waals surface area contributed by atoms with Crippen molar-refractivity contribution in [2.75, 3.05) is 13.7 Å². The van der Waals surface area contributed by atoms with Crippen LogP contribution in [0, 0.1) is 0 Å². The molecule has 0 unspecified atom stereocenters. The maximum absolute atomic E-state index is 6.02. The summed E-state index contributed by atoms with van der Waals surface area (Å²) in [6.07, 6.45) is 7.62. The molecule has 100 valence electrons. The molecule has 0 spiro atoms. The summed E-state index contributed by atoms with van der Waals surface area (Å²) in [7, 11) is 1.71. The van der Waals surface area contributed by atoms with Gasteiger partial charge in [-0.05, 0) is 56.0 Å². The number of nitrogens with one attached hydrogen (secondary N) is 1. The van der Waals surface area contributed by atoms with Crippen molar-refractivity contribution in [3.8, 4) is 5.75 Å². The summed E-state index contributed by atoms with van der Waals surface area (Å²) in [5.41, 5.74) is 1.21. The Morgan fingerprint density at radius 2 is 2.11 bits per heavy atom. The second kappa shape index (κ2) is 7.01. The van der Waals surface area contributed by atoms with E-state index < -0.39 is 0 Å². The third-order valence-electron chi connectivity index (χ3n) is 3.65. The predicted octanol–water partition coefficient (Wildman–Crippen LogP) is 3.81. The lowest BCUT2D eigenvalue weighted by molar-refractivity contribution is 0.408. The minimum absolute atomic E-state index is 0.756. The molecule has 1 N–H and O–H groups in total. The maximum Gasteiger partial charge on any atom is 0.122 e. The lowest BCUT2D eigenvalue weighted by Gasteiger charge is -2.12. The van der Waals surface area contributed by atoms with Gasteiger partial charge in [-0.1, -0.05) is 24.4 Å². The molecule has 0 bridgehead atoms. The van der Waals surface area contributed by atoms with Crippen LogP contribution in [0.1, 0.15) is 37.7 Å². The molecule has 2 nitrogen and oxygen atoms in total. The third kappa shape index (κ3) is 3.89. The van der Waals surface area contributed by atoms with Gasteiger partial charge in [-0.15, -0.1) is 0 Å². The first-order valence-electron chi connectivity index (χ1n) is 6.85. The monoisotopic (exact) mass is 267 g/mol. The molecule has 0 heterocycles. The summed E-state index contributed by atoms with van der Waals surface area (Å²) in [5.74, 6) is 0.945. The van der Waals surface area contributed by atoms with Gasteiger partial charge in [-0.2, -0.15) is 0 Å². The first-order valence-corrected chi connectivity index (χ1v) is 7.23. The lowest BCUT2D eigenvalue weighted by Crippen LogP contribution is -2.27. The number of halogens is 1. The van der Waals surface area contributed by atoms with Crippen molar-refractivity contribution in [3.05, 3.63) is 28.8 Å². The van der Waals surface area contributed by atoms with Crippen molar-refractivity contribution in [2.24, 2.45) is 0 Å².